The van der Waals surface area contributed by atoms with Crippen molar-refractivity contribution in [2.75, 3.05) is 0 Å². The summed E-state index contributed by atoms with van der Waals surface area (Å²) in [6, 6.07) is 0. The van der Waals surface area contributed by atoms with E-state index >= 15 is 0 Å². The molecule has 0 amide bonds. The molecule has 0 saturated heterocycles. The maximum Gasteiger partial charge on any atom is -0.0129 e. The van der Waals surface area contributed by atoms with Crippen molar-refractivity contribution in [2.45, 2.75) is 118 Å². The van der Waals surface area contributed by atoms with Crippen molar-refractivity contribution in [3.05, 3.63) is 35.5 Å². The fourth-order valence-electron chi connectivity index (χ4n) is 10.7. The van der Waals surface area contributed by atoms with Crippen molar-refractivity contribution < 1.29 is 0 Å². The Kier molecular flexibility index (Phi) is 7.27. The fraction of sp³-hybridized carbons (Fsp3) is 0.824. The second kappa shape index (κ2) is 9.94. The Morgan fingerprint density at radius 2 is 1.74 bits per heavy atom. The molecule has 0 heteroatoms. The highest BCUT2D eigenvalue weighted by molar-refractivity contribution is 5.45. The standard InChI is InChI=1S/C34H54/c1-7-26(8-2)28-13-10-25(20-23(28)4)21-24(5)32-15-16-33-31-14-11-27-19-22(3)9-12-29(27)30(31)17-18-34(32,33)6/h13,20,22,24,26-27,29-33H,4,7-12,14-19,21H2,1-3,5-6H3/t22-,24-,27+,29-,30+,31+,32+,33-,34+/m0/s1. The van der Waals surface area contributed by atoms with E-state index in [0.29, 0.717) is 11.3 Å². The van der Waals surface area contributed by atoms with Crippen LogP contribution in [0.1, 0.15) is 118 Å². The van der Waals surface area contributed by atoms with E-state index in [-0.39, 0.29) is 0 Å². The minimum atomic E-state index is 0.609. The highest BCUT2D eigenvalue weighted by atomic mass is 14.6. The van der Waals surface area contributed by atoms with Gasteiger partial charge < -0.3 is 0 Å². The predicted molar refractivity (Wildman–Crippen MR) is 148 cm³/mol. The number of rotatable bonds is 6. The van der Waals surface area contributed by atoms with Gasteiger partial charge in [-0.25, -0.2) is 0 Å². The van der Waals surface area contributed by atoms with Crippen LogP contribution in [-0.4, -0.2) is 0 Å². The van der Waals surface area contributed by atoms with Crippen LogP contribution in [0.15, 0.2) is 35.5 Å². The van der Waals surface area contributed by atoms with Crippen LogP contribution in [-0.2, 0) is 0 Å². The van der Waals surface area contributed by atoms with Gasteiger partial charge in [0.15, 0.2) is 0 Å². The largest absolute Gasteiger partial charge is 0.0915 e. The topological polar surface area (TPSA) is 0 Å². The molecule has 0 nitrogen and oxygen atoms in total. The Bertz CT molecular complexity index is 808. The van der Waals surface area contributed by atoms with E-state index in [9.17, 15) is 0 Å². The summed E-state index contributed by atoms with van der Waals surface area (Å²) in [5.41, 5.74) is 5.12. The Morgan fingerprint density at radius 1 is 0.971 bits per heavy atom. The molecule has 5 rings (SSSR count). The van der Waals surface area contributed by atoms with Crippen molar-refractivity contribution in [3.8, 4) is 0 Å². The average Bonchev–Trinajstić information content (AvgIpc) is 3.18. The molecular weight excluding hydrogens is 408 g/mol. The first-order chi connectivity index (χ1) is 16.4. The van der Waals surface area contributed by atoms with Crippen molar-refractivity contribution in [3.63, 3.8) is 0 Å². The molecule has 0 radical (unpaired) electrons. The van der Waals surface area contributed by atoms with E-state index in [2.05, 4.69) is 53.3 Å². The van der Waals surface area contributed by atoms with Gasteiger partial charge in [0.05, 0.1) is 0 Å². The summed E-state index contributed by atoms with van der Waals surface area (Å²) in [7, 11) is 0. The summed E-state index contributed by atoms with van der Waals surface area (Å²) in [6.45, 7) is 17.0. The SMILES string of the molecule is C=C1C=C(C[C@H](C)[C@H]2CC[C@H]3[C@@H]4CC[C@@H]5C[C@@H](C)CC[C@@H]5[C@H]4CC[C@]23C)CC=C1C(CC)CC. The molecule has 34 heavy (non-hydrogen) atoms. The highest BCUT2D eigenvalue weighted by Crippen LogP contribution is 2.65. The lowest BCUT2D eigenvalue weighted by molar-refractivity contribution is -0.0728. The summed E-state index contributed by atoms with van der Waals surface area (Å²) in [5.74, 6) is 8.78. The molecule has 0 spiro atoms. The number of allylic oxidation sites excluding steroid dienone is 5. The second-order valence-corrected chi connectivity index (χ2v) is 14.0. The van der Waals surface area contributed by atoms with E-state index in [1.807, 2.05) is 0 Å². The lowest BCUT2D eigenvalue weighted by Gasteiger charge is -2.56. The van der Waals surface area contributed by atoms with Crippen molar-refractivity contribution in [1.29, 1.82) is 0 Å². The van der Waals surface area contributed by atoms with Crippen LogP contribution in [0.5, 0.6) is 0 Å². The van der Waals surface area contributed by atoms with Gasteiger partial charge in [-0.2, -0.15) is 0 Å². The number of hydrogen-bond donors (Lipinski definition) is 0. The molecule has 5 aliphatic carbocycles. The summed E-state index contributed by atoms with van der Waals surface area (Å²) >= 11 is 0. The lowest BCUT2D eigenvalue weighted by atomic mass is 9.48. The molecule has 0 aliphatic heterocycles. The fourth-order valence-corrected chi connectivity index (χ4v) is 10.7. The van der Waals surface area contributed by atoms with Crippen LogP contribution in [0, 0.1) is 58.7 Å². The third-order valence-electron chi connectivity index (χ3n) is 12.3. The first-order valence-electron chi connectivity index (χ1n) is 15.4. The molecule has 4 saturated carbocycles. The van der Waals surface area contributed by atoms with Gasteiger partial charge in [-0.3, -0.25) is 0 Å². The zero-order valence-electron chi connectivity index (χ0n) is 23.3. The summed E-state index contributed by atoms with van der Waals surface area (Å²) < 4.78 is 0. The van der Waals surface area contributed by atoms with Crippen molar-refractivity contribution in [2.24, 2.45) is 58.7 Å². The van der Waals surface area contributed by atoms with E-state index in [4.69, 9.17) is 0 Å². The number of fused-ring (bicyclic) bond motifs is 5. The highest BCUT2D eigenvalue weighted by Gasteiger charge is 2.57. The Labute approximate surface area is 212 Å². The molecule has 9 atom stereocenters. The second-order valence-electron chi connectivity index (χ2n) is 14.0. The summed E-state index contributed by atoms with van der Waals surface area (Å²) in [4.78, 5) is 0. The van der Waals surface area contributed by atoms with Gasteiger partial charge in [-0.15, -0.1) is 0 Å². The minimum absolute atomic E-state index is 0.609. The Hall–Kier alpha value is -0.780. The van der Waals surface area contributed by atoms with E-state index < -0.39 is 0 Å². The Morgan fingerprint density at radius 3 is 2.47 bits per heavy atom. The third kappa shape index (κ3) is 4.32. The monoisotopic (exact) mass is 462 g/mol. The van der Waals surface area contributed by atoms with Gasteiger partial charge >= 0.3 is 0 Å². The van der Waals surface area contributed by atoms with Crippen LogP contribution in [0.25, 0.3) is 0 Å². The molecule has 0 unspecified atom stereocenters. The van der Waals surface area contributed by atoms with Crippen LogP contribution in [0.4, 0.5) is 0 Å². The molecule has 0 bridgehead atoms. The molecule has 0 N–H and O–H groups in total. The summed E-state index contributed by atoms with van der Waals surface area (Å²) in [6.07, 6.45) is 23.8. The lowest BCUT2D eigenvalue weighted by Crippen LogP contribution is -2.49. The van der Waals surface area contributed by atoms with Gasteiger partial charge in [0.25, 0.3) is 0 Å². The molecule has 0 aromatic rings. The minimum Gasteiger partial charge on any atom is -0.0915 e. The molecular formula is C34H54. The number of hydrogen-bond acceptors (Lipinski definition) is 0. The zero-order chi connectivity index (χ0) is 24.0. The van der Waals surface area contributed by atoms with Gasteiger partial charge in [0.2, 0.25) is 0 Å². The molecule has 0 heterocycles. The van der Waals surface area contributed by atoms with Gasteiger partial charge in [0.1, 0.15) is 0 Å². The van der Waals surface area contributed by atoms with E-state index in [1.165, 1.54) is 56.9 Å². The van der Waals surface area contributed by atoms with E-state index in [0.717, 1.165) is 47.3 Å². The normalized spacial score (nSPS) is 43.0. The maximum atomic E-state index is 4.48. The molecule has 0 aromatic heterocycles. The van der Waals surface area contributed by atoms with Crippen molar-refractivity contribution >= 4 is 0 Å². The molecule has 190 valence electrons. The average molecular weight is 463 g/mol. The van der Waals surface area contributed by atoms with Crippen LogP contribution < -0.4 is 0 Å². The van der Waals surface area contributed by atoms with E-state index in [1.54, 1.807) is 43.3 Å². The van der Waals surface area contributed by atoms with Gasteiger partial charge in [-0.05, 0) is 147 Å². The van der Waals surface area contributed by atoms with Gasteiger partial charge in [-0.1, -0.05) is 65.3 Å². The zero-order valence-corrected chi connectivity index (χ0v) is 23.3. The first kappa shape index (κ1) is 24.9. The van der Waals surface area contributed by atoms with Crippen LogP contribution in [0.3, 0.4) is 0 Å². The van der Waals surface area contributed by atoms with Crippen molar-refractivity contribution in [1.82, 2.24) is 0 Å². The third-order valence-corrected chi connectivity index (χ3v) is 12.3. The molecule has 5 aliphatic rings. The van der Waals surface area contributed by atoms with Crippen LogP contribution in [0.2, 0.25) is 0 Å². The summed E-state index contributed by atoms with van der Waals surface area (Å²) in [5, 5.41) is 0. The molecule has 4 fully saturated rings. The smallest absolute Gasteiger partial charge is 0.0129 e. The Balaban J connectivity index is 1.24. The molecule has 0 aromatic carbocycles. The van der Waals surface area contributed by atoms with Gasteiger partial charge in [0, 0.05) is 0 Å². The predicted octanol–water partition coefficient (Wildman–Crippen LogP) is 10.2. The van der Waals surface area contributed by atoms with Crippen LogP contribution >= 0.6 is 0 Å². The maximum absolute atomic E-state index is 4.48. The first-order valence-corrected chi connectivity index (χ1v) is 15.4. The quantitative estimate of drug-likeness (QED) is 0.368.